The fourth-order valence-corrected chi connectivity index (χ4v) is 9.77. The van der Waals surface area contributed by atoms with Gasteiger partial charge in [-0.15, -0.1) is 22.7 Å². The molecule has 0 saturated carbocycles. The summed E-state index contributed by atoms with van der Waals surface area (Å²) in [5.41, 5.74) is 7.37. The molecule has 0 unspecified atom stereocenters. The number of hydrogen-bond donors (Lipinski definition) is 0. The Bertz CT molecular complexity index is 2570. The van der Waals surface area contributed by atoms with Gasteiger partial charge in [-0.1, -0.05) is 109 Å². The third kappa shape index (κ3) is 3.55. The summed E-state index contributed by atoms with van der Waals surface area (Å²) in [7, 11) is 0. The van der Waals surface area contributed by atoms with Crippen LogP contribution in [0.25, 0.3) is 46.8 Å². The highest BCUT2D eigenvalue weighted by atomic mass is 32.1. The van der Waals surface area contributed by atoms with Gasteiger partial charge in [0.15, 0.2) is 5.82 Å². The van der Waals surface area contributed by atoms with Gasteiger partial charge in [0.2, 0.25) is 0 Å². The molecule has 0 amide bonds. The van der Waals surface area contributed by atoms with Gasteiger partial charge in [-0.3, -0.25) is 4.90 Å². The summed E-state index contributed by atoms with van der Waals surface area (Å²) in [6.07, 6.45) is 1.99. The number of thiophene rings is 2. The Kier molecular flexibility index (Phi) is 5.41. The van der Waals surface area contributed by atoms with Gasteiger partial charge >= 0.3 is 0 Å². The lowest BCUT2D eigenvalue weighted by Crippen LogP contribution is -2.58. The molecule has 45 heavy (non-hydrogen) atoms. The van der Waals surface area contributed by atoms with Crippen molar-refractivity contribution in [2.75, 3.05) is 4.90 Å². The number of pyridine rings is 1. The Morgan fingerprint density at radius 1 is 0.533 bits per heavy atom. The normalized spacial score (nSPS) is 12.8. The van der Waals surface area contributed by atoms with Crippen LogP contribution in [0.2, 0.25) is 0 Å². The molecule has 1 aliphatic heterocycles. The van der Waals surface area contributed by atoms with Crippen LogP contribution in [0.15, 0.2) is 146 Å². The number of para-hydroxylation sites is 2. The molecule has 9 aromatic rings. The summed E-state index contributed by atoms with van der Waals surface area (Å²) >= 11 is 3.75. The van der Waals surface area contributed by atoms with E-state index in [-0.39, 0.29) is 6.71 Å². The molecule has 0 aliphatic carbocycles. The second kappa shape index (κ2) is 9.67. The molecule has 3 nitrogen and oxygen atoms in total. The molecule has 0 N–H and O–H groups in total. The number of rotatable bonds is 3. The van der Waals surface area contributed by atoms with E-state index in [9.17, 15) is 0 Å². The van der Waals surface area contributed by atoms with E-state index in [2.05, 4.69) is 149 Å². The Balaban J connectivity index is 1.42. The Morgan fingerprint density at radius 3 is 1.98 bits per heavy atom. The van der Waals surface area contributed by atoms with Crippen LogP contribution < -0.4 is 20.7 Å². The Morgan fingerprint density at radius 2 is 1.18 bits per heavy atom. The molecule has 6 heteroatoms. The SMILES string of the molecule is c1ccc(B2c3sc4ccccc4c3N(c3nccc4c3sc3ccccc34)c3c2n(-c2ccccc2)c2ccccc32)cc1. The van der Waals surface area contributed by atoms with Crippen molar-refractivity contribution < 1.29 is 0 Å². The van der Waals surface area contributed by atoms with Crippen molar-refractivity contribution in [3.8, 4) is 5.69 Å². The van der Waals surface area contributed by atoms with Crippen LogP contribution in [-0.2, 0) is 0 Å². The summed E-state index contributed by atoms with van der Waals surface area (Å²) in [5.74, 6) is 0.988. The summed E-state index contributed by atoms with van der Waals surface area (Å²) in [4.78, 5) is 7.73. The zero-order valence-corrected chi connectivity index (χ0v) is 25.7. The zero-order valence-electron chi connectivity index (χ0n) is 24.1. The van der Waals surface area contributed by atoms with Crippen molar-refractivity contribution in [2.45, 2.75) is 0 Å². The highest BCUT2D eigenvalue weighted by Gasteiger charge is 2.43. The van der Waals surface area contributed by atoms with Crippen molar-refractivity contribution in [1.29, 1.82) is 0 Å². The first-order valence-corrected chi connectivity index (χ1v) is 16.8. The quantitative estimate of drug-likeness (QED) is 0.187. The first kappa shape index (κ1) is 25.2. The van der Waals surface area contributed by atoms with Gasteiger partial charge in [0.25, 0.3) is 6.71 Å². The van der Waals surface area contributed by atoms with E-state index in [4.69, 9.17) is 4.98 Å². The molecule has 0 spiro atoms. The van der Waals surface area contributed by atoms with Crippen LogP contribution >= 0.6 is 22.7 Å². The van der Waals surface area contributed by atoms with Crippen LogP contribution in [0.3, 0.4) is 0 Å². The molecule has 5 heterocycles. The molecule has 0 bridgehead atoms. The highest BCUT2D eigenvalue weighted by Crippen LogP contribution is 2.49. The van der Waals surface area contributed by atoms with E-state index < -0.39 is 0 Å². The van der Waals surface area contributed by atoms with Crippen LogP contribution in [0.5, 0.6) is 0 Å². The molecule has 1 aliphatic rings. The molecule has 0 atom stereocenters. The van der Waals surface area contributed by atoms with E-state index in [0.717, 1.165) is 11.5 Å². The predicted octanol–water partition coefficient (Wildman–Crippen LogP) is 8.91. The minimum Gasteiger partial charge on any atom is -0.319 e. The van der Waals surface area contributed by atoms with Gasteiger partial charge < -0.3 is 4.57 Å². The van der Waals surface area contributed by atoms with Gasteiger partial charge in [-0.2, -0.15) is 0 Å². The number of aromatic nitrogens is 2. The van der Waals surface area contributed by atoms with E-state index in [0.29, 0.717) is 0 Å². The highest BCUT2D eigenvalue weighted by molar-refractivity contribution is 7.33. The molecular formula is C39H24BN3S2. The second-order valence-electron chi connectivity index (χ2n) is 11.5. The molecule has 0 fully saturated rings. The fraction of sp³-hybridized carbons (Fsp3) is 0. The third-order valence-corrected chi connectivity index (χ3v) is 11.5. The average Bonchev–Trinajstić information content (AvgIpc) is 3.78. The van der Waals surface area contributed by atoms with E-state index in [1.54, 1.807) is 0 Å². The third-order valence-electron chi connectivity index (χ3n) is 9.10. The van der Waals surface area contributed by atoms with Crippen molar-refractivity contribution in [2.24, 2.45) is 0 Å². The number of fused-ring (bicyclic) bond motifs is 9. The largest absolute Gasteiger partial charge is 0.319 e. The Labute approximate surface area is 268 Å². The molecule has 0 saturated heterocycles. The van der Waals surface area contributed by atoms with Crippen molar-refractivity contribution >= 4 is 104 Å². The topological polar surface area (TPSA) is 21.1 Å². The van der Waals surface area contributed by atoms with Crippen molar-refractivity contribution in [1.82, 2.24) is 9.55 Å². The lowest BCUT2D eigenvalue weighted by atomic mass is 9.39. The van der Waals surface area contributed by atoms with Crippen molar-refractivity contribution in [3.05, 3.63) is 146 Å². The number of hydrogen-bond acceptors (Lipinski definition) is 4. The lowest BCUT2D eigenvalue weighted by molar-refractivity contribution is 1.15. The van der Waals surface area contributed by atoms with Gasteiger partial charge in [-0.05, 0) is 36.4 Å². The standard InChI is InChI=1S/C39H24BN3S2/c1-3-13-25(14-4-1)40-37-34(29-18-7-10-20-31(29)42(37)26-15-5-2-6-16-26)43(35-30-19-9-12-22-33(30)45-38(35)40)39-36-28(23-24-41-39)27-17-8-11-21-32(27)44-36/h1-24H. The Hall–Kier alpha value is -5.17. The second-order valence-corrected chi connectivity index (χ2v) is 13.7. The van der Waals surface area contributed by atoms with Crippen molar-refractivity contribution in [3.63, 3.8) is 0 Å². The van der Waals surface area contributed by atoms with E-state index in [1.807, 2.05) is 28.9 Å². The van der Waals surface area contributed by atoms with Gasteiger partial charge in [0, 0.05) is 53.2 Å². The van der Waals surface area contributed by atoms with Crippen LogP contribution in [0.1, 0.15) is 0 Å². The number of anilines is 3. The summed E-state index contributed by atoms with van der Waals surface area (Å²) in [6.45, 7) is 0.0408. The van der Waals surface area contributed by atoms with Gasteiger partial charge in [-0.25, -0.2) is 4.98 Å². The average molecular weight is 610 g/mol. The smallest absolute Gasteiger partial charge is 0.280 e. The van der Waals surface area contributed by atoms with Gasteiger partial charge in [0.05, 0.1) is 21.6 Å². The first-order valence-electron chi connectivity index (χ1n) is 15.2. The summed E-state index contributed by atoms with van der Waals surface area (Å²) < 4.78 is 7.62. The molecule has 5 aromatic carbocycles. The van der Waals surface area contributed by atoms with Gasteiger partial charge in [0.1, 0.15) is 0 Å². The summed E-state index contributed by atoms with van der Waals surface area (Å²) in [5, 5.41) is 5.02. The van der Waals surface area contributed by atoms with Crippen LogP contribution in [-0.4, -0.2) is 16.3 Å². The lowest BCUT2D eigenvalue weighted by Gasteiger charge is -2.34. The number of nitrogens with zero attached hydrogens (tertiary/aromatic N) is 3. The maximum atomic E-state index is 5.23. The fourth-order valence-electron chi connectivity index (χ4n) is 7.28. The zero-order chi connectivity index (χ0) is 29.5. The van der Waals surface area contributed by atoms with Crippen LogP contribution in [0.4, 0.5) is 17.2 Å². The van der Waals surface area contributed by atoms with E-state index in [1.165, 1.54) is 68.4 Å². The molecule has 0 radical (unpaired) electrons. The molecule has 4 aromatic heterocycles. The first-order chi connectivity index (χ1) is 22.4. The number of benzene rings is 5. The molecule has 210 valence electrons. The van der Waals surface area contributed by atoms with Crippen LogP contribution in [0, 0.1) is 0 Å². The van der Waals surface area contributed by atoms with E-state index >= 15 is 0 Å². The predicted molar refractivity (Wildman–Crippen MR) is 195 cm³/mol. The maximum absolute atomic E-state index is 5.23. The summed E-state index contributed by atoms with van der Waals surface area (Å²) in [6, 6.07) is 50.5. The maximum Gasteiger partial charge on any atom is 0.280 e. The molecular weight excluding hydrogens is 585 g/mol. The minimum absolute atomic E-state index is 0.0408. The monoisotopic (exact) mass is 609 g/mol. The minimum atomic E-state index is 0.0408. The molecule has 10 rings (SSSR count).